The number of hydrogen-bond donors (Lipinski definition) is 2. The number of nitrogens with one attached hydrogen (secondary N) is 2. The van der Waals surface area contributed by atoms with E-state index >= 15 is 0 Å². The van der Waals surface area contributed by atoms with E-state index in [0.717, 1.165) is 6.42 Å². The van der Waals surface area contributed by atoms with E-state index in [-0.39, 0.29) is 27.9 Å². The molecule has 8 nitrogen and oxygen atoms in total. The summed E-state index contributed by atoms with van der Waals surface area (Å²) >= 11 is 11.8. The molecule has 3 saturated heterocycles. The van der Waals surface area contributed by atoms with E-state index in [2.05, 4.69) is 11.0 Å². The Morgan fingerprint density at radius 3 is 1.94 bits per heavy atom. The minimum Gasteiger partial charge on any atom is -0.237 e. The zero-order valence-corrected chi connectivity index (χ0v) is 20.0. The largest absolute Gasteiger partial charge is 0.257 e. The van der Waals surface area contributed by atoms with Gasteiger partial charge in [-0.2, -0.15) is 9.84 Å². The van der Waals surface area contributed by atoms with Gasteiger partial charge in [0.1, 0.15) is 0 Å². The van der Waals surface area contributed by atoms with Gasteiger partial charge in [0.15, 0.2) is 0 Å². The van der Waals surface area contributed by atoms with Crippen LogP contribution in [0.5, 0.6) is 0 Å². The number of hydrogen-bond acceptors (Lipinski definition) is 6. The lowest BCUT2D eigenvalue weighted by Crippen LogP contribution is -2.65. The molecule has 4 unspecified atom stereocenters. The van der Waals surface area contributed by atoms with Gasteiger partial charge >= 0.3 is 0 Å². The fraction of sp³-hybridized carbons (Fsp3) is 0.400. The molecule has 32 heavy (non-hydrogen) atoms. The van der Waals surface area contributed by atoms with Crippen molar-refractivity contribution < 1.29 is 16.8 Å². The number of rotatable bonds is 4. The maximum atomic E-state index is 13.5. The smallest absolute Gasteiger partial charge is 0.237 e. The van der Waals surface area contributed by atoms with Gasteiger partial charge < -0.3 is 0 Å². The number of hydrazine groups is 2. The summed E-state index contributed by atoms with van der Waals surface area (Å²) in [6, 6.07) is 10.7. The predicted molar refractivity (Wildman–Crippen MR) is 121 cm³/mol. The third kappa shape index (κ3) is 3.67. The SMILES string of the molecule is O=S(=O)(c1ccc(Cl)cc1)N1NNC2C1CC1CCCC2N1S(=O)(=O)c1ccc(Cl)cc1. The molecule has 2 aromatic carbocycles. The van der Waals surface area contributed by atoms with Gasteiger partial charge in [-0.15, -0.1) is 4.41 Å². The highest BCUT2D eigenvalue weighted by Gasteiger charge is 2.56. The van der Waals surface area contributed by atoms with Crippen molar-refractivity contribution in [3.63, 3.8) is 0 Å². The van der Waals surface area contributed by atoms with E-state index < -0.39 is 26.1 Å². The topological polar surface area (TPSA) is 98.8 Å². The first-order chi connectivity index (χ1) is 15.2. The first-order valence-electron chi connectivity index (χ1n) is 10.3. The Morgan fingerprint density at radius 2 is 1.34 bits per heavy atom. The second-order valence-corrected chi connectivity index (χ2v) is 12.8. The van der Waals surface area contributed by atoms with Crippen molar-refractivity contribution in [2.24, 2.45) is 0 Å². The maximum Gasteiger partial charge on any atom is 0.257 e. The Hall–Kier alpha value is -1.24. The van der Waals surface area contributed by atoms with Gasteiger partial charge in [-0.25, -0.2) is 22.3 Å². The molecular formula is C20H22Cl2N4O4S2. The molecule has 5 rings (SSSR count). The van der Waals surface area contributed by atoms with Crippen LogP contribution < -0.4 is 11.0 Å². The van der Waals surface area contributed by atoms with Gasteiger partial charge in [0, 0.05) is 22.1 Å². The molecule has 2 bridgehead atoms. The van der Waals surface area contributed by atoms with Gasteiger partial charge in [-0.3, -0.25) is 0 Å². The minimum atomic E-state index is -3.85. The Bertz CT molecular complexity index is 1220. The van der Waals surface area contributed by atoms with Gasteiger partial charge in [0.25, 0.3) is 10.0 Å². The Labute approximate surface area is 197 Å². The first-order valence-corrected chi connectivity index (χ1v) is 13.9. The number of benzene rings is 2. The fourth-order valence-electron chi connectivity index (χ4n) is 5.05. The van der Waals surface area contributed by atoms with Crippen LogP contribution in [0.2, 0.25) is 10.0 Å². The molecule has 3 fully saturated rings. The van der Waals surface area contributed by atoms with Crippen LogP contribution in [0, 0.1) is 0 Å². The lowest BCUT2D eigenvalue weighted by Gasteiger charge is -2.50. The van der Waals surface area contributed by atoms with Crippen molar-refractivity contribution in [2.75, 3.05) is 0 Å². The third-order valence-corrected chi connectivity index (χ3v) is 10.7. The molecule has 12 heteroatoms. The number of sulfonamides is 2. The summed E-state index contributed by atoms with van der Waals surface area (Å²) in [5.74, 6) is 0. The molecular weight excluding hydrogens is 495 g/mol. The van der Waals surface area contributed by atoms with E-state index in [1.165, 1.54) is 40.8 Å². The summed E-state index contributed by atoms with van der Waals surface area (Å²) in [7, 11) is -7.61. The van der Waals surface area contributed by atoms with Crippen LogP contribution in [0.1, 0.15) is 25.7 Å². The molecule has 0 saturated carbocycles. The lowest BCUT2D eigenvalue weighted by molar-refractivity contribution is 0.0752. The van der Waals surface area contributed by atoms with Crippen LogP contribution in [-0.4, -0.2) is 49.7 Å². The first kappa shape index (κ1) is 22.5. The van der Waals surface area contributed by atoms with E-state index in [1.54, 1.807) is 16.4 Å². The van der Waals surface area contributed by atoms with Crippen LogP contribution in [0.4, 0.5) is 0 Å². The quantitative estimate of drug-likeness (QED) is 0.648. The number of fused-ring (bicyclic) bond motifs is 4. The van der Waals surface area contributed by atoms with Crippen molar-refractivity contribution in [1.29, 1.82) is 0 Å². The molecule has 4 atom stereocenters. The van der Waals surface area contributed by atoms with Crippen LogP contribution in [0.3, 0.4) is 0 Å². The standard InChI is InChI=1S/C20H22Cl2N4O4S2/c21-13-4-8-16(9-5-13)31(27,28)25-15-2-1-3-18(25)20-19(12-15)26(24-23-20)32(29,30)17-10-6-14(22)7-11-17/h4-11,15,18-20,23-24H,1-3,12H2. The van der Waals surface area contributed by atoms with Crippen molar-refractivity contribution in [3.05, 3.63) is 58.6 Å². The summed E-state index contributed by atoms with van der Waals surface area (Å²) < 4.78 is 56.4. The minimum absolute atomic E-state index is 0.123. The highest BCUT2D eigenvalue weighted by atomic mass is 35.5. The Morgan fingerprint density at radius 1 is 0.781 bits per heavy atom. The molecule has 2 N–H and O–H groups in total. The molecule has 3 aliphatic heterocycles. The molecule has 0 aromatic heterocycles. The fourth-order valence-corrected chi connectivity index (χ4v) is 8.65. The van der Waals surface area contributed by atoms with Crippen molar-refractivity contribution >= 4 is 43.2 Å². The van der Waals surface area contributed by atoms with Gasteiger partial charge in [-0.1, -0.05) is 29.6 Å². The van der Waals surface area contributed by atoms with Crippen molar-refractivity contribution in [1.82, 2.24) is 19.7 Å². The third-order valence-electron chi connectivity index (χ3n) is 6.47. The van der Waals surface area contributed by atoms with E-state index in [1.807, 2.05) is 0 Å². The number of nitrogens with zero attached hydrogens (tertiary/aromatic N) is 2. The van der Waals surface area contributed by atoms with Gasteiger partial charge in [-0.05, 0) is 67.8 Å². The molecule has 0 aliphatic carbocycles. The average Bonchev–Trinajstić information content (AvgIpc) is 3.18. The zero-order valence-electron chi connectivity index (χ0n) is 16.9. The van der Waals surface area contributed by atoms with Crippen molar-refractivity contribution in [3.8, 4) is 0 Å². The number of piperidine rings is 2. The van der Waals surface area contributed by atoms with Crippen LogP contribution in [0.15, 0.2) is 58.3 Å². The van der Waals surface area contributed by atoms with E-state index in [9.17, 15) is 16.8 Å². The van der Waals surface area contributed by atoms with Crippen molar-refractivity contribution in [2.45, 2.75) is 59.6 Å². The summed E-state index contributed by atoms with van der Waals surface area (Å²) in [6.45, 7) is 0. The second kappa shape index (κ2) is 8.21. The van der Waals surface area contributed by atoms with Gasteiger partial charge in [0.05, 0.1) is 21.9 Å². The Balaban J connectivity index is 1.47. The molecule has 3 aliphatic rings. The van der Waals surface area contributed by atoms with Gasteiger partial charge in [0.2, 0.25) is 10.0 Å². The van der Waals surface area contributed by atoms with E-state index in [0.29, 0.717) is 29.3 Å². The molecule has 3 heterocycles. The zero-order chi connectivity index (χ0) is 22.7. The highest BCUT2D eigenvalue weighted by molar-refractivity contribution is 7.89. The normalized spacial score (nSPS) is 29.1. The summed E-state index contributed by atoms with van der Waals surface area (Å²) in [5, 5.41) is 0.914. The monoisotopic (exact) mass is 516 g/mol. The Kier molecular flexibility index (Phi) is 5.78. The van der Waals surface area contributed by atoms with Crippen LogP contribution in [0.25, 0.3) is 0 Å². The second-order valence-electron chi connectivity index (χ2n) is 8.28. The molecule has 0 amide bonds. The molecule has 172 valence electrons. The highest BCUT2D eigenvalue weighted by Crippen LogP contribution is 2.42. The summed E-state index contributed by atoms with van der Waals surface area (Å²) in [6.07, 6.45) is 2.60. The molecule has 0 radical (unpaired) electrons. The number of halogens is 2. The molecule has 2 aromatic rings. The average molecular weight is 517 g/mol. The van der Waals surface area contributed by atoms with Crippen LogP contribution in [-0.2, 0) is 20.0 Å². The predicted octanol–water partition coefficient (Wildman–Crippen LogP) is 2.76. The summed E-state index contributed by atoms with van der Waals surface area (Å²) in [5.41, 5.74) is 5.86. The molecule has 0 spiro atoms. The lowest BCUT2D eigenvalue weighted by atomic mass is 9.81. The maximum absolute atomic E-state index is 13.5. The summed E-state index contributed by atoms with van der Waals surface area (Å²) in [4.78, 5) is 0.312. The van der Waals surface area contributed by atoms with Crippen LogP contribution >= 0.6 is 23.2 Å². The van der Waals surface area contributed by atoms with E-state index in [4.69, 9.17) is 23.2 Å².